The van der Waals surface area contributed by atoms with E-state index in [4.69, 9.17) is 13.9 Å². The summed E-state index contributed by atoms with van der Waals surface area (Å²) in [4.78, 5) is 36.0. The van der Waals surface area contributed by atoms with Crippen molar-refractivity contribution in [1.82, 2.24) is 5.32 Å². The summed E-state index contributed by atoms with van der Waals surface area (Å²) in [5.74, 6) is -0.619. The van der Waals surface area contributed by atoms with Crippen LogP contribution in [-0.2, 0) is 28.9 Å². The third-order valence-corrected chi connectivity index (χ3v) is 5.74. The van der Waals surface area contributed by atoms with Crippen molar-refractivity contribution in [3.05, 3.63) is 45.0 Å². The highest BCUT2D eigenvalue weighted by Gasteiger charge is 2.22. The highest BCUT2D eigenvalue weighted by atomic mass is 16.4. The molecule has 0 fully saturated rings. The number of furan rings is 1. The van der Waals surface area contributed by atoms with Crippen LogP contribution in [0.5, 0.6) is 0 Å². The molecule has 1 atom stereocenters. The molecule has 29 heavy (non-hydrogen) atoms. The Morgan fingerprint density at radius 3 is 2.59 bits per heavy atom. The van der Waals surface area contributed by atoms with Crippen molar-refractivity contribution in [2.45, 2.75) is 58.4 Å². The summed E-state index contributed by atoms with van der Waals surface area (Å²) < 4.78 is 11.5. The van der Waals surface area contributed by atoms with E-state index < -0.39 is 23.5 Å². The molecule has 7 heteroatoms. The average molecular weight is 397 g/mol. The van der Waals surface area contributed by atoms with Gasteiger partial charge in [-0.05, 0) is 44.2 Å². The largest absolute Gasteiger partial charge is 0.480 e. The van der Waals surface area contributed by atoms with Crippen LogP contribution < -0.4 is 10.9 Å². The molecule has 152 valence electrons. The molecule has 1 aromatic carbocycles. The fourth-order valence-electron chi connectivity index (χ4n) is 4.09. The molecule has 0 unspecified atom stereocenters. The monoisotopic (exact) mass is 397 g/mol. The molecule has 7 nitrogen and oxygen atoms in total. The number of benzene rings is 1. The summed E-state index contributed by atoms with van der Waals surface area (Å²) in [6.07, 6.45) is 4.14. The number of carboxylic acids is 1. The van der Waals surface area contributed by atoms with E-state index in [0.717, 1.165) is 42.2 Å². The molecular weight excluding hydrogens is 374 g/mol. The lowest BCUT2D eigenvalue weighted by Gasteiger charge is -2.13. The molecule has 0 saturated heterocycles. The average Bonchev–Trinajstić information content (AvgIpc) is 3.05. The summed E-state index contributed by atoms with van der Waals surface area (Å²) in [6, 6.07) is 2.75. The number of hydrogen-bond acceptors (Lipinski definition) is 5. The van der Waals surface area contributed by atoms with E-state index in [-0.39, 0.29) is 18.4 Å². The van der Waals surface area contributed by atoms with Crippen LogP contribution in [0, 0.1) is 6.92 Å². The van der Waals surface area contributed by atoms with Crippen LogP contribution in [0.25, 0.3) is 21.9 Å². The zero-order valence-corrected chi connectivity index (χ0v) is 16.5. The Labute approximate surface area is 166 Å². The minimum absolute atomic E-state index is 0.227. The molecule has 2 aromatic heterocycles. The SMILES string of the molecule is CC[C@@H](NC(=O)Cc1c(C)c2cc3c4c(oc3cc2oc1=O)CCCC4)C(=O)O. The maximum Gasteiger partial charge on any atom is 0.340 e. The number of carbonyl (C=O) groups is 2. The maximum atomic E-state index is 12.5. The van der Waals surface area contributed by atoms with Gasteiger partial charge >= 0.3 is 11.6 Å². The van der Waals surface area contributed by atoms with E-state index in [1.54, 1.807) is 19.9 Å². The van der Waals surface area contributed by atoms with Crippen molar-refractivity contribution in [1.29, 1.82) is 0 Å². The highest BCUT2D eigenvalue weighted by molar-refractivity contribution is 5.97. The van der Waals surface area contributed by atoms with Gasteiger partial charge in [-0.2, -0.15) is 0 Å². The molecule has 0 bridgehead atoms. The minimum atomic E-state index is -1.10. The van der Waals surface area contributed by atoms with Gasteiger partial charge in [-0.25, -0.2) is 9.59 Å². The molecule has 1 aliphatic rings. The van der Waals surface area contributed by atoms with Crippen LogP contribution in [0.15, 0.2) is 25.8 Å². The van der Waals surface area contributed by atoms with Gasteiger partial charge in [0.15, 0.2) is 0 Å². The van der Waals surface area contributed by atoms with Gasteiger partial charge in [0.1, 0.15) is 23.0 Å². The smallest absolute Gasteiger partial charge is 0.340 e. The third-order valence-electron chi connectivity index (χ3n) is 5.74. The predicted molar refractivity (Wildman–Crippen MR) is 107 cm³/mol. The van der Waals surface area contributed by atoms with Gasteiger partial charge in [0.2, 0.25) is 5.91 Å². The van der Waals surface area contributed by atoms with E-state index in [1.807, 2.05) is 6.07 Å². The van der Waals surface area contributed by atoms with Crippen molar-refractivity contribution >= 4 is 33.8 Å². The van der Waals surface area contributed by atoms with Gasteiger partial charge in [0.05, 0.1) is 12.0 Å². The van der Waals surface area contributed by atoms with Crippen LogP contribution in [0.4, 0.5) is 0 Å². The first-order chi connectivity index (χ1) is 13.9. The van der Waals surface area contributed by atoms with Crippen molar-refractivity contribution in [3.63, 3.8) is 0 Å². The molecule has 0 spiro atoms. The molecule has 1 amide bonds. The van der Waals surface area contributed by atoms with Gasteiger partial charge in [0.25, 0.3) is 0 Å². The second-order valence-electron chi connectivity index (χ2n) is 7.59. The number of nitrogens with one attached hydrogen (secondary N) is 1. The summed E-state index contributed by atoms with van der Waals surface area (Å²) in [5.41, 5.74) is 2.67. The lowest BCUT2D eigenvalue weighted by atomic mass is 9.94. The third kappa shape index (κ3) is 3.41. The van der Waals surface area contributed by atoms with Gasteiger partial charge in [-0.3, -0.25) is 4.79 Å². The summed E-state index contributed by atoms with van der Waals surface area (Å²) in [7, 11) is 0. The Morgan fingerprint density at radius 1 is 1.14 bits per heavy atom. The van der Waals surface area contributed by atoms with Crippen LogP contribution in [0.1, 0.15) is 48.6 Å². The number of hydrogen-bond donors (Lipinski definition) is 2. The number of rotatable bonds is 5. The van der Waals surface area contributed by atoms with E-state index in [1.165, 1.54) is 5.56 Å². The van der Waals surface area contributed by atoms with Crippen molar-refractivity contribution in [2.24, 2.45) is 0 Å². The van der Waals surface area contributed by atoms with E-state index >= 15 is 0 Å². The lowest BCUT2D eigenvalue weighted by molar-refractivity contribution is -0.141. The van der Waals surface area contributed by atoms with Gasteiger partial charge < -0.3 is 19.3 Å². The number of carbonyl (C=O) groups excluding carboxylic acids is 1. The first-order valence-corrected chi connectivity index (χ1v) is 9.91. The molecule has 4 rings (SSSR count). The zero-order valence-electron chi connectivity index (χ0n) is 16.5. The zero-order chi connectivity index (χ0) is 20.7. The van der Waals surface area contributed by atoms with E-state index in [2.05, 4.69) is 5.32 Å². The number of aryl methyl sites for hydroxylation is 3. The lowest BCUT2D eigenvalue weighted by Crippen LogP contribution is -2.41. The second kappa shape index (κ2) is 7.39. The van der Waals surface area contributed by atoms with Crippen molar-refractivity contribution < 1.29 is 23.5 Å². The molecule has 0 saturated carbocycles. The molecule has 2 N–H and O–H groups in total. The second-order valence-corrected chi connectivity index (χ2v) is 7.59. The fraction of sp³-hybridized carbons (Fsp3) is 0.409. The fourth-order valence-corrected chi connectivity index (χ4v) is 4.09. The van der Waals surface area contributed by atoms with E-state index in [9.17, 15) is 14.4 Å². The first-order valence-electron chi connectivity index (χ1n) is 9.91. The quantitative estimate of drug-likeness (QED) is 0.640. The first kappa shape index (κ1) is 19.2. The van der Waals surface area contributed by atoms with Crippen molar-refractivity contribution in [2.75, 3.05) is 0 Å². The number of fused-ring (bicyclic) bond motifs is 4. The van der Waals surface area contributed by atoms with Gasteiger partial charge in [-0.1, -0.05) is 6.92 Å². The van der Waals surface area contributed by atoms with E-state index in [0.29, 0.717) is 16.7 Å². The molecule has 3 aromatic rings. The molecule has 2 heterocycles. The summed E-state index contributed by atoms with van der Waals surface area (Å²) in [5, 5.41) is 13.3. The normalized spacial score (nSPS) is 14.7. The number of amides is 1. The summed E-state index contributed by atoms with van der Waals surface area (Å²) in [6.45, 7) is 3.46. The Hall–Kier alpha value is -3.09. The van der Waals surface area contributed by atoms with Crippen molar-refractivity contribution in [3.8, 4) is 0 Å². The maximum absolute atomic E-state index is 12.5. The molecular formula is C22H23NO6. The number of carboxylic acid groups (broad SMARTS) is 1. The van der Waals surface area contributed by atoms with Crippen LogP contribution in [0.3, 0.4) is 0 Å². The molecule has 0 radical (unpaired) electrons. The summed E-state index contributed by atoms with van der Waals surface area (Å²) >= 11 is 0. The number of aliphatic carboxylic acids is 1. The standard InChI is InChI=1S/C22H23NO6/c1-3-16(21(25)26)23-20(24)9-14-11(2)13-8-15-12-6-4-5-7-17(12)28-19(15)10-18(13)29-22(14)27/h8,10,16H,3-7,9H2,1-2H3,(H,23,24)(H,25,26)/t16-/m1/s1. The Bertz CT molecular complexity index is 1190. The van der Waals surface area contributed by atoms with Crippen LogP contribution >= 0.6 is 0 Å². The molecule has 0 aliphatic heterocycles. The Morgan fingerprint density at radius 2 is 1.86 bits per heavy atom. The predicted octanol–water partition coefficient (Wildman–Crippen LogP) is 3.25. The van der Waals surface area contributed by atoms with Gasteiger partial charge in [-0.15, -0.1) is 0 Å². The Kier molecular flexibility index (Phi) is 4.90. The van der Waals surface area contributed by atoms with Crippen LogP contribution in [0.2, 0.25) is 0 Å². The molecule has 1 aliphatic carbocycles. The van der Waals surface area contributed by atoms with Crippen LogP contribution in [-0.4, -0.2) is 23.0 Å². The van der Waals surface area contributed by atoms with Gasteiger partial charge in [0, 0.05) is 28.8 Å². The highest BCUT2D eigenvalue weighted by Crippen LogP contribution is 2.35. The Balaban J connectivity index is 1.75. The minimum Gasteiger partial charge on any atom is -0.480 e. The topological polar surface area (TPSA) is 110 Å².